The standard InChI is InChI=1S/C10H19F3N2/c1-8-5-14-9(2)3-4-15(6-8)7-10(11,12)13/h8-9,14H,3-7H2,1-2H3. The summed E-state index contributed by atoms with van der Waals surface area (Å²) in [5.74, 6) is 0.273. The summed E-state index contributed by atoms with van der Waals surface area (Å²) < 4.78 is 36.7. The molecule has 0 aromatic rings. The number of hydrogen-bond acceptors (Lipinski definition) is 2. The molecule has 5 heteroatoms. The van der Waals surface area contributed by atoms with Crippen LogP contribution < -0.4 is 5.32 Å². The zero-order valence-corrected chi connectivity index (χ0v) is 9.27. The lowest BCUT2D eigenvalue weighted by atomic mass is 10.1. The minimum absolute atomic E-state index is 0.273. The van der Waals surface area contributed by atoms with Crippen LogP contribution in [0.4, 0.5) is 13.2 Å². The number of nitrogens with one attached hydrogen (secondary N) is 1. The van der Waals surface area contributed by atoms with Gasteiger partial charge in [-0.15, -0.1) is 0 Å². The van der Waals surface area contributed by atoms with Crippen LogP contribution >= 0.6 is 0 Å². The first-order chi connectivity index (χ1) is 6.87. The molecule has 1 heterocycles. The zero-order chi connectivity index (χ0) is 11.5. The fraction of sp³-hybridized carbons (Fsp3) is 1.00. The van der Waals surface area contributed by atoms with Crippen molar-refractivity contribution in [2.45, 2.75) is 32.5 Å². The summed E-state index contributed by atoms with van der Waals surface area (Å²) in [6, 6.07) is 0.309. The maximum Gasteiger partial charge on any atom is 0.401 e. The van der Waals surface area contributed by atoms with E-state index in [1.807, 2.05) is 13.8 Å². The van der Waals surface area contributed by atoms with Crippen molar-refractivity contribution in [2.75, 3.05) is 26.2 Å². The Labute approximate surface area is 88.8 Å². The van der Waals surface area contributed by atoms with Crippen molar-refractivity contribution in [3.05, 3.63) is 0 Å². The highest BCUT2D eigenvalue weighted by atomic mass is 19.4. The molecule has 1 saturated heterocycles. The van der Waals surface area contributed by atoms with E-state index in [1.54, 1.807) is 0 Å². The van der Waals surface area contributed by atoms with Gasteiger partial charge in [-0.1, -0.05) is 6.92 Å². The molecule has 2 nitrogen and oxygen atoms in total. The van der Waals surface area contributed by atoms with Gasteiger partial charge in [-0.25, -0.2) is 0 Å². The molecule has 2 unspecified atom stereocenters. The van der Waals surface area contributed by atoms with Crippen molar-refractivity contribution >= 4 is 0 Å². The topological polar surface area (TPSA) is 15.3 Å². The minimum atomic E-state index is -4.07. The Hall–Kier alpha value is -0.290. The van der Waals surface area contributed by atoms with Crippen molar-refractivity contribution in [3.8, 4) is 0 Å². The first-order valence-electron chi connectivity index (χ1n) is 5.39. The molecule has 0 spiro atoms. The molecule has 0 saturated carbocycles. The van der Waals surface area contributed by atoms with Gasteiger partial charge in [0.25, 0.3) is 0 Å². The predicted octanol–water partition coefficient (Wildman–Crippen LogP) is 1.87. The van der Waals surface area contributed by atoms with Gasteiger partial charge in [0, 0.05) is 12.6 Å². The maximum atomic E-state index is 12.2. The van der Waals surface area contributed by atoms with Crippen LogP contribution in [-0.4, -0.2) is 43.3 Å². The fourth-order valence-electron chi connectivity index (χ4n) is 1.87. The van der Waals surface area contributed by atoms with Crippen molar-refractivity contribution in [2.24, 2.45) is 5.92 Å². The van der Waals surface area contributed by atoms with E-state index in [0.717, 1.165) is 13.0 Å². The Morgan fingerprint density at radius 3 is 2.60 bits per heavy atom. The molecule has 90 valence electrons. The minimum Gasteiger partial charge on any atom is -0.314 e. The highest BCUT2D eigenvalue weighted by Gasteiger charge is 2.31. The van der Waals surface area contributed by atoms with E-state index in [1.165, 1.54) is 4.90 Å². The lowest BCUT2D eigenvalue weighted by Crippen LogP contribution is -2.45. The third-order valence-electron chi connectivity index (χ3n) is 2.67. The van der Waals surface area contributed by atoms with Crippen molar-refractivity contribution in [1.82, 2.24) is 10.2 Å². The van der Waals surface area contributed by atoms with Gasteiger partial charge in [-0.3, -0.25) is 4.90 Å². The largest absolute Gasteiger partial charge is 0.401 e. The molecular weight excluding hydrogens is 205 g/mol. The van der Waals surface area contributed by atoms with Gasteiger partial charge in [-0.05, 0) is 32.4 Å². The normalized spacial score (nSPS) is 31.0. The number of alkyl halides is 3. The van der Waals surface area contributed by atoms with Gasteiger partial charge in [0.15, 0.2) is 0 Å². The monoisotopic (exact) mass is 224 g/mol. The van der Waals surface area contributed by atoms with E-state index in [-0.39, 0.29) is 5.92 Å². The molecule has 1 rings (SSSR count). The molecule has 2 atom stereocenters. The van der Waals surface area contributed by atoms with Gasteiger partial charge in [-0.2, -0.15) is 13.2 Å². The van der Waals surface area contributed by atoms with E-state index >= 15 is 0 Å². The Kier molecular flexibility index (Phi) is 4.40. The van der Waals surface area contributed by atoms with Crippen LogP contribution in [0, 0.1) is 5.92 Å². The number of halogens is 3. The molecule has 0 aromatic heterocycles. The van der Waals surface area contributed by atoms with Crippen molar-refractivity contribution in [3.63, 3.8) is 0 Å². The Balaban J connectivity index is 2.47. The van der Waals surface area contributed by atoms with Crippen LogP contribution in [0.25, 0.3) is 0 Å². The summed E-state index contributed by atoms with van der Waals surface area (Å²) >= 11 is 0. The molecule has 0 bridgehead atoms. The second kappa shape index (κ2) is 5.16. The van der Waals surface area contributed by atoms with E-state index in [9.17, 15) is 13.2 Å². The number of nitrogens with zero attached hydrogens (tertiary/aromatic N) is 1. The second-order valence-electron chi connectivity index (χ2n) is 4.55. The van der Waals surface area contributed by atoms with Crippen LogP contribution in [0.15, 0.2) is 0 Å². The molecular formula is C10H19F3N2. The highest BCUT2D eigenvalue weighted by Crippen LogP contribution is 2.18. The average molecular weight is 224 g/mol. The first-order valence-corrected chi connectivity index (χ1v) is 5.39. The smallest absolute Gasteiger partial charge is 0.314 e. The van der Waals surface area contributed by atoms with E-state index in [2.05, 4.69) is 5.32 Å². The molecule has 0 radical (unpaired) electrons. The number of rotatable bonds is 1. The van der Waals surface area contributed by atoms with Crippen molar-refractivity contribution in [1.29, 1.82) is 0 Å². The Morgan fingerprint density at radius 2 is 2.00 bits per heavy atom. The SMILES string of the molecule is CC1CNC(C)CCN(CC(F)(F)F)C1. The summed E-state index contributed by atoms with van der Waals surface area (Å²) in [7, 11) is 0. The molecule has 1 N–H and O–H groups in total. The molecule has 0 amide bonds. The van der Waals surface area contributed by atoms with Gasteiger partial charge < -0.3 is 5.32 Å². The summed E-state index contributed by atoms with van der Waals surface area (Å²) in [5, 5.41) is 3.31. The summed E-state index contributed by atoms with van der Waals surface area (Å²) in [5.41, 5.74) is 0. The maximum absolute atomic E-state index is 12.2. The third kappa shape index (κ3) is 5.37. The quantitative estimate of drug-likeness (QED) is 0.731. The second-order valence-corrected chi connectivity index (χ2v) is 4.55. The predicted molar refractivity (Wildman–Crippen MR) is 53.7 cm³/mol. The average Bonchev–Trinajstić information content (AvgIpc) is 2.06. The van der Waals surface area contributed by atoms with E-state index in [0.29, 0.717) is 19.1 Å². The Morgan fingerprint density at radius 1 is 1.33 bits per heavy atom. The van der Waals surface area contributed by atoms with Crippen LogP contribution in [0.2, 0.25) is 0 Å². The van der Waals surface area contributed by atoms with Gasteiger partial charge in [0.05, 0.1) is 6.54 Å². The zero-order valence-electron chi connectivity index (χ0n) is 9.27. The van der Waals surface area contributed by atoms with E-state index < -0.39 is 12.7 Å². The van der Waals surface area contributed by atoms with Gasteiger partial charge in [0.2, 0.25) is 0 Å². The Bertz CT molecular complexity index is 194. The van der Waals surface area contributed by atoms with Crippen LogP contribution in [0.1, 0.15) is 20.3 Å². The van der Waals surface area contributed by atoms with Crippen LogP contribution in [-0.2, 0) is 0 Å². The summed E-state index contributed by atoms with van der Waals surface area (Å²) in [6.45, 7) is 5.08. The third-order valence-corrected chi connectivity index (χ3v) is 2.67. The fourth-order valence-corrected chi connectivity index (χ4v) is 1.87. The molecule has 1 aliphatic heterocycles. The molecule has 0 aliphatic carbocycles. The lowest BCUT2D eigenvalue weighted by Gasteiger charge is -2.31. The molecule has 15 heavy (non-hydrogen) atoms. The summed E-state index contributed by atoms with van der Waals surface area (Å²) in [4.78, 5) is 1.52. The number of hydrogen-bond donors (Lipinski definition) is 1. The summed E-state index contributed by atoms with van der Waals surface area (Å²) in [6.07, 6.45) is -3.29. The van der Waals surface area contributed by atoms with Crippen LogP contribution in [0.5, 0.6) is 0 Å². The highest BCUT2D eigenvalue weighted by molar-refractivity contribution is 4.75. The molecule has 1 aliphatic rings. The first kappa shape index (κ1) is 12.8. The van der Waals surface area contributed by atoms with Gasteiger partial charge >= 0.3 is 6.18 Å². The van der Waals surface area contributed by atoms with E-state index in [4.69, 9.17) is 0 Å². The van der Waals surface area contributed by atoms with Crippen molar-refractivity contribution < 1.29 is 13.2 Å². The molecule has 1 fully saturated rings. The lowest BCUT2D eigenvalue weighted by molar-refractivity contribution is -0.147. The van der Waals surface area contributed by atoms with Gasteiger partial charge in [0.1, 0.15) is 0 Å². The van der Waals surface area contributed by atoms with Crippen LogP contribution in [0.3, 0.4) is 0 Å². The molecule has 0 aromatic carbocycles.